The summed E-state index contributed by atoms with van der Waals surface area (Å²) < 4.78 is 24.7. The van der Waals surface area contributed by atoms with E-state index in [0.717, 1.165) is 30.9 Å². The van der Waals surface area contributed by atoms with E-state index in [2.05, 4.69) is 39.7 Å². The van der Waals surface area contributed by atoms with Gasteiger partial charge >= 0.3 is 0 Å². The Bertz CT molecular complexity index is 874. The van der Waals surface area contributed by atoms with Crippen molar-refractivity contribution in [3.63, 3.8) is 0 Å². The standard InChI is InChI=1S/C18H29N7O2S/c1-4-17-24-23-13-25(17)10-9-20-18(21-11-14(2)3)22-12-15-5-7-16(8-6-15)28(19,26)27/h5-8,13-14H,4,9-12H2,1-3H3,(H2,19,26,27)(H2,20,21,22). The fourth-order valence-electron chi connectivity index (χ4n) is 2.46. The van der Waals surface area contributed by atoms with Crippen molar-refractivity contribution in [2.24, 2.45) is 16.0 Å². The van der Waals surface area contributed by atoms with Gasteiger partial charge in [0, 0.05) is 26.1 Å². The van der Waals surface area contributed by atoms with Gasteiger partial charge in [0.25, 0.3) is 0 Å². The van der Waals surface area contributed by atoms with Gasteiger partial charge in [0.1, 0.15) is 12.2 Å². The Balaban J connectivity index is 1.98. The zero-order valence-corrected chi connectivity index (χ0v) is 17.4. The van der Waals surface area contributed by atoms with Crippen LogP contribution in [0.1, 0.15) is 32.2 Å². The first kappa shape index (κ1) is 21.8. The molecule has 0 aliphatic heterocycles. The molecule has 0 bridgehead atoms. The molecule has 0 fully saturated rings. The Labute approximate surface area is 166 Å². The molecule has 0 saturated carbocycles. The molecule has 1 aromatic heterocycles. The van der Waals surface area contributed by atoms with Crippen molar-refractivity contribution in [1.29, 1.82) is 0 Å². The molecule has 2 aromatic rings. The van der Waals surface area contributed by atoms with Crippen LogP contribution in [0.3, 0.4) is 0 Å². The highest BCUT2D eigenvalue weighted by Gasteiger charge is 2.07. The van der Waals surface area contributed by atoms with Crippen LogP contribution < -0.4 is 15.8 Å². The first-order valence-electron chi connectivity index (χ1n) is 9.30. The molecule has 2 rings (SSSR count). The fraction of sp³-hybridized carbons (Fsp3) is 0.500. The van der Waals surface area contributed by atoms with Crippen molar-refractivity contribution in [1.82, 2.24) is 25.4 Å². The van der Waals surface area contributed by atoms with E-state index < -0.39 is 10.0 Å². The second kappa shape index (κ2) is 10.2. The molecule has 1 heterocycles. The number of sulfonamides is 1. The molecule has 0 saturated heterocycles. The lowest BCUT2D eigenvalue weighted by Gasteiger charge is -2.15. The van der Waals surface area contributed by atoms with Crippen LogP contribution in [0.4, 0.5) is 0 Å². The van der Waals surface area contributed by atoms with Gasteiger partial charge in [0.15, 0.2) is 5.96 Å². The first-order valence-corrected chi connectivity index (χ1v) is 10.8. The molecular formula is C18H29N7O2S. The van der Waals surface area contributed by atoms with E-state index in [1.807, 2.05) is 11.5 Å². The minimum absolute atomic E-state index is 0.0946. The van der Waals surface area contributed by atoms with Crippen LogP contribution in [-0.2, 0) is 29.5 Å². The molecule has 0 unspecified atom stereocenters. The molecule has 0 spiro atoms. The van der Waals surface area contributed by atoms with Gasteiger partial charge in [-0.1, -0.05) is 32.9 Å². The molecule has 10 heteroatoms. The highest BCUT2D eigenvalue weighted by atomic mass is 32.2. The normalized spacial score (nSPS) is 12.4. The lowest BCUT2D eigenvalue weighted by Crippen LogP contribution is -2.40. The van der Waals surface area contributed by atoms with E-state index in [0.29, 0.717) is 25.0 Å². The van der Waals surface area contributed by atoms with Crippen molar-refractivity contribution < 1.29 is 8.42 Å². The maximum atomic E-state index is 11.3. The van der Waals surface area contributed by atoms with Crippen LogP contribution in [0.15, 0.2) is 40.5 Å². The van der Waals surface area contributed by atoms with Gasteiger partial charge in [-0.25, -0.2) is 18.5 Å². The SMILES string of the molecule is CCc1nncn1CCNC(=NCc1ccc(S(N)(=O)=O)cc1)NCC(C)C. The van der Waals surface area contributed by atoms with Crippen LogP contribution in [0.2, 0.25) is 0 Å². The highest BCUT2D eigenvalue weighted by molar-refractivity contribution is 7.89. The lowest BCUT2D eigenvalue weighted by atomic mass is 10.2. The zero-order chi connectivity index (χ0) is 20.6. The van der Waals surface area contributed by atoms with E-state index in [1.54, 1.807) is 18.5 Å². The summed E-state index contributed by atoms with van der Waals surface area (Å²) in [6, 6.07) is 6.42. The van der Waals surface area contributed by atoms with Gasteiger partial charge in [-0.05, 0) is 23.6 Å². The van der Waals surface area contributed by atoms with Crippen LogP contribution >= 0.6 is 0 Å². The van der Waals surface area contributed by atoms with Crippen LogP contribution in [-0.4, -0.2) is 42.2 Å². The minimum atomic E-state index is -3.68. The molecule has 28 heavy (non-hydrogen) atoms. The number of primary sulfonamides is 1. The number of aliphatic imine (C=N–C) groups is 1. The quantitative estimate of drug-likeness (QED) is 0.418. The van der Waals surface area contributed by atoms with Crippen molar-refractivity contribution in [2.45, 2.75) is 45.2 Å². The zero-order valence-electron chi connectivity index (χ0n) is 16.6. The second-order valence-corrected chi connectivity index (χ2v) is 8.41. The van der Waals surface area contributed by atoms with Gasteiger partial charge in [-0.2, -0.15) is 0 Å². The smallest absolute Gasteiger partial charge is 0.238 e. The average molecular weight is 408 g/mol. The number of aryl methyl sites for hydroxylation is 1. The van der Waals surface area contributed by atoms with Gasteiger partial charge < -0.3 is 15.2 Å². The summed E-state index contributed by atoms with van der Waals surface area (Å²) in [7, 11) is -3.68. The van der Waals surface area contributed by atoms with Gasteiger partial charge in [0.2, 0.25) is 10.0 Å². The molecule has 1 aromatic carbocycles. The van der Waals surface area contributed by atoms with Crippen LogP contribution in [0.5, 0.6) is 0 Å². The summed E-state index contributed by atoms with van der Waals surface area (Å²) in [5.41, 5.74) is 0.894. The third-order valence-corrected chi connectivity index (χ3v) is 4.94. The minimum Gasteiger partial charge on any atom is -0.356 e. The summed E-state index contributed by atoms with van der Waals surface area (Å²) >= 11 is 0. The van der Waals surface area contributed by atoms with Gasteiger partial charge in [-0.15, -0.1) is 10.2 Å². The molecule has 0 aliphatic rings. The number of rotatable bonds is 9. The number of aromatic nitrogens is 3. The lowest BCUT2D eigenvalue weighted by molar-refractivity contribution is 0.597. The number of nitrogens with zero attached hydrogens (tertiary/aromatic N) is 4. The molecule has 9 nitrogen and oxygen atoms in total. The maximum absolute atomic E-state index is 11.3. The van der Waals surface area contributed by atoms with Gasteiger partial charge in [0.05, 0.1) is 11.4 Å². The summed E-state index contributed by atoms with van der Waals surface area (Å²) in [5.74, 6) is 2.13. The van der Waals surface area contributed by atoms with E-state index in [9.17, 15) is 8.42 Å². The fourth-order valence-corrected chi connectivity index (χ4v) is 2.98. The predicted octanol–water partition coefficient (Wildman–Crippen LogP) is 0.879. The molecule has 154 valence electrons. The van der Waals surface area contributed by atoms with Crippen molar-refractivity contribution in [2.75, 3.05) is 13.1 Å². The second-order valence-electron chi connectivity index (χ2n) is 6.85. The summed E-state index contributed by atoms with van der Waals surface area (Å²) in [6.45, 7) is 8.93. The van der Waals surface area contributed by atoms with Crippen molar-refractivity contribution in [3.05, 3.63) is 42.0 Å². The van der Waals surface area contributed by atoms with E-state index >= 15 is 0 Å². The Morgan fingerprint density at radius 1 is 1.25 bits per heavy atom. The maximum Gasteiger partial charge on any atom is 0.238 e. The molecule has 4 N–H and O–H groups in total. The molecule has 0 atom stereocenters. The van der Waals surface area contributed by atoms with Crippen molar-refractivity contribution >= 4 is 16.0 Å². The van der Waals surface area contributed by atoms with Crippen LogP contribution in [0.25, 0.3) is 0 Å². The Kier molecular flexibility index (Phi) is 7.94. The van der Waals surface area contributed by atoms with Crippen LogP contribution in [0, 0.1) is 5.92 Å². The largest absolute Gasteiger partial charge is 0.356 e. The first-order chi connectivity index (χ1) is 13.3. The molecular weight excluding hydrogens is 378 g/mol. The number of hydrogen-bond acceptors (Lipinski definition) is 5. The number of guanidine groups is 1. The summed E-state index contributed by atoms with van der Waals surface area (Å²) in [6.07, 6.45) is 2.56. The van der Waals surface area contributed by atoms with E-state index in [1.165, 1.54) is 12.1 Å². The average Bonchev–Trinajstić information content (AvgIpc) is 3.10. The number of nitrogens with two attached hydrogens (primary N) is 1. The number of hydrogen-bond donors (Lipinski definition) is 3. The van der Waals surface area contributed by atoms with Gasteiger partial charge in [-0.3, -0.25) is 0 Å². The predicted molar refractivity (Wildman–Crippen MR) is 109 cm³/mol. The number of benzene rings is 1. The number of nitrogens with one attached hydrogen (secondary N) is 2. The molecule has 0 radical (unpaired) electrons. The van der Waals surface area contributed by atoms with E-state index in [4.69, 9.17) is 5.14 Å². The summed E-state index contributed by atoms with van der Waals surface area (Å²) in [4.78, 5) is 4.69. The Hall–Kier alpha value is -2.46. The highest BCUT2D eigenvalue weighted by Crippen LogP contribution is 2.09. The topological polar surface area (TPSA) is 127 Å². The Morgan fingerprint density at radius 3 is 2.57 bits per heavy atom. The third-order valence-electron chi connectivity index (χ3n) is 4.01. The van der Waals surface area contributed by atoms with E-state index in [-0.39, 0.29) is 4.90 Å². The Morgan fingerprint density at radius 2 is 1.96 bits per heavy atom. The summed E-state index contributed by atoms with van der Waals surface area (Å²) in [5, 5.41) is 19.8. The monoisotopic (exact) mass is 407 g/mol. The van der Waals surface area contributed by atoms with Crippen molar-refractivity contribution in [3.8, 4) is 0 Å². The molecule has 0 aliphatic carbocycles. The molecule has 0 amide bonds. The third kappa shape index (κ3) is 6.93.